The van der Waals surface area contributed by atoms with Crippen molar-refractivity contribution in [1.82, 2.24) is 20.1 Å². The first-order chi connectivity index (χ1) is 14.5. The molecule has 0 saturated heterocycles. The van der Waals surface area contributed by atoms with E-state index in [1.807, 2.05) is 25.1 Å². The number of nitrogens with one attached hydrogen (secondary N) is 1. The first kappa shape index (κ1) is 19.8. The molecule has 30 heavy (non-hydrogen) atoms. The van der Waals surface area contributed by atoms with Crippen LogP contribution in [0.15, 0.2) is 46.2 Å². The van der Waals surface area contributed by atoms with Crippen molar-refractivity contribution < 1.29 is 23.5 Å². The molecule has 1 atom stereocenters. The van der Waals surface area contributed by atoms with Crippen molar-refractivity contribution in [3.8, 4) is 23.1 Å². The molecule has 0 radical (unpaired) electrons. The summed E-state index contributed by atoms with van der Waals surface area (Å²) < 4.78 is 17.5. The summed E-state index contributed by atoms with van der Waals surface area (Å²) in [5.74, 6) is 1.52. The number of benzene rings is 1. The Morgan fingerprint density at radius 1 is 1.27 bits per heavy atom. The van der Waals surface area contributed by atoms with Crippen LogP contribution < -0.4 is 20.5 Å². The maximum absolute atomic E-state index is 12.4. The van der Waals surface area contributed by atoms with Gasteiger partial charge in [-0.1, -0.05) is 17.8 Å². The maximum atomic E-state index is 12.4. The molecule has 0 saturated carbocycles. The molecule has 1 aliphatic rings. The molecule has 10 nitrogen and oxygen atoms in total. The minimum absolute atomic E-state index is 0.0872. The summed E-state index contributed by atoms with van der Waals surface area (Å²) in [6, 6.07) is 8.73. The normalized spacial score (nSPS) is 13.2. The predicted octanol–water partition coefficient (Wildman–Crippen LogP) is 1.72. The number of amides is 2. The van der Waals surface area contributed by atoms with Crippen LogP contribution in [-0.4, -0.2) is 39.1 Å². The van der Waals surface area contributed by atoms with Gasteiger partial charge in [0.15, 0.2) is 22.4 Å². The van der Waals surface area contributed by atoms with Crippen molar-refractivity contribution in [2.24, 2.45) is 5.73 Å². The van der Waals surface area contributed by atoms with Crippen molar-refractivity contribution in [3.05, 3.63) is 42.2 Å². The van der Waals surface area contributed by atoms with Gasteiger partial charge in [0, 0.05) is 0 Å². The van der Waals surface area contributed by atoms with Gasteiger partial charge in [-0.25, -0.2) is 0 Å². The number of fused-ring (bicyclic) bond motifs is 1. The average molecular weight is 429 g/mol. The zero-order chi connectivity index (χ0) is 21.1. The Kier molecular flexibility index (Phi) is 5.61. The van der Waals surface area contributed by atoms with Gasteiger partial charge in [-0.2, -0.15) is 0 Å². The zero-order valence-corrected chi connectivity index (χ0v) is 16.8. The van der Waals surface area contributed by atoms with E-state index in [0.29, 0.717) is 28.2 Å². The van der Waals surface area contributed by atoms with E-state index < -0.39 is 5.91 Å². The van der Waals surface area contributed by atoms with Crippen LogP contribution in [0.4, 0.5) is 0 Å². The van der Waals surface area contributed by atoms with E-state index in [1.54, 1.807) is 12.1 Å². The Hall–Kier alpha value is -3.47. The molecule has 1 aromatic carbocycles. The van der Waals surface area contributed by atoms with Crippen molar-refractivity contribution in [1.29, 1.82) is 0 Å². The number of hydrogen-bond donors (Lipinski definition) is 2. The fraction of sp³-hybridized carbons (Fsp3) is 0.263. The number of thioether (sulfide) groups is 1. The Bertz CT molecular complexity index is 1070. The summed E-state index contributed by atoms with van der Waals surface area (Å²) in [4.78, 5) is 23.9. The monoisotopic (exact) mass is 429 g/mol. The molecule has 3 heterocycles. The largest absolute Gasteiger partial charge is 0.461 e. The van der Waals surface area contributed by atoms with Gasteiger partial charge in [-0.05, 0) is 36.8 Å². The molecule has 1 unspecified atom stereocenters. The quantitative estimate of drug-likeness (QED) is 0.517. The fourth-order valence-electron chi connectivity index (χ4n) is 2.96. The van der Waals surface area contributed by atoms with Gasteiger partial charge >= 0.3 is 0 Å². The third-order valence-electron chi connectivity index (χ3n) is 4.38. The lowest BCUT2D eigenvalue weighted by molar-refractivity contribution is -0.119. The Morgan fingerprint density at radius 2 is 2.10 bits per heavy atom. The van der Waals surface area contributed by atoms with E-state index in [4.69, 9.17) is 19.6 Å². The van der Waals surface area contributed by atoms with Crippen LogP contribution in [0.5, 0.6) is 11.5 Å². The lowest BCUT2D eigenvalue weighted by atomic mass is 10.1. The number of primary amides is 1. The van der Waals surface area contributed by atoms with Gasteiger partial charge in [0.05, 0.1) is 18.1 Å². The number of carbonyl (C=O) groups is 2. The summed E-state index contributed by atoms with van der Waals surface area (Å²) >= 11 is 1.16. The van der Waals surface area contributed by atoms with Crippen molar-refractivity contribution in [2.75, 3.05) is 12.5 Å². The van der Waals surface area contributed by atoms with Gasteiger partial charge < -0.3 is 24.9 Å². The second-order valence-corrected chi connectivity index (χ2v) is 7.47. The van der Waals surface area contributed by atoms with Crippen LogP contribution in [0.3, 0.4) is 0 Å². The molecule has 2 amide bonds. The number of aromatic nitrogens is 3. The second-order valence-electron chi connectivity index (χ2n) is 6.53. The number of nitrogens with zero attached hydrogens (tertiary/aromatic N) is 3. The first-order valence-corrected chi connectivity index (χ1v) is 10.1. The molecule has 2 aromatic heterocycles. The van der Waals surface area contributed by atoms with Crippen molar-refractivity contribution >= 4 is 23.6 Å². The molecule has 0 aliphatic carbocycles. The number of ether oxygens (including phenoxy) is 2. The topological polar surface area (TPSA) is 135 Å². The lowest BCUT2D eigenvalue weighted by Gasteiger charge is -2.14. The number of furan rings is 1. The summed E-state index contributed by atoms with van der Waals surface area (Å²) in [5, 5.41) is 11.5. The lowest BCUT2D eigenvalue weighted by Crippen LogP contribution is -2.28. The summed E-state index contributed by atoms with van der Waals surface area (Å²) in [5.41, 5.74) is 6.24. The number of nitrogens with two attached hydrogens (primary N) is 1. The third kappa shape index (κ3) is 4.25. The Balaban J connectivity index is 1.40. The molecular formula is C19H19N5O5S. The Labute approximate surface area is 175 Å². The molecular weight excluding hydrogens is 410 g/mol. The summed E-state index contributed by atoms with van der Waals surface area (Å²) in [6.07, 6.45) is 1.50. The van der Waals surface area contributed by atoms with Crippen LogP contribution in [0, 0.1) is 0 Å². The first-order valence-electron chi connectivity index (χ1n) is 9.08. The van der Waals surface area contributed by atoms with Gasteiger partial charge in [0.25, 0.3) is 0 Å². The van der Waals surface area contributed by atoms with Crippen LogP contribution in [-0.2, 0) is 16.1 Å². The Morgan fingerprint density at radius 3 is 2.87 bits per heavy atom. The van der Waals surface area contributed by atoms with Crippen LogP contribution >= 0.6 is 11.8 Å². The maximum Gasteiger partial charge on any atom is 0.237 e. The van der Waals surface area contributed by atoms with Crippen molar-refractivity contribution in [3.63, 3.8) is 0 Å². The predicted molar refractivity (Wildman–Crippen MR) is 107 cm³/mol. The van der Waals surface area contributed by atoms with E-state index in [2.05, 4.69) is 15.5 Å². The highest BCUT2D eigenvalue weighted by Crippen LogP contribution is 2.34. The second kappa shape index (κ2) is 8.49. The molecule has 0 spiro atoms. The molecule has 4 rings (SSSR count). The molecule has 0 bridgehead atoms. The minimum Gasteiger partial charge on any atom is -0.461 e. The molecule has 3 aromatic rings. The highest BCUT2D eigenvalue weighted by atomic mass is 32.2. The van der Waals surface area contributed by atoms with E-state index in [1.165, 1.54) is 10.8 Å². The van der Waals surface area contributed by atoms with Crippen molar-refractivity contribution in [2.45, 2.75) is 24.7 Å². The van der Waals surface area contributed by atoms with Crippen LogP contribution in [0.2, 0.25) is 0 Å². The number of carbonyl (C=O) groups excluding carboxylic acids is 2. The fourth-order valence-corrected chi connectivity index (χ4v) is 3.71. The third-order valence-corrected chi connectivity index (χ3v) is 5.35. The molecule has 1 aliphatic heterocycles. The van der Waals surface area contributed by atoms with Crippen LogP contribution in [0.25, 0.3) is 11.6 Å². The van der Waals surface area contributed by atoms with Gasteiger partial charge in [-0.15, -0.1) is 10.2 Å². The standard InChI is InChI=1S/C19H19N5O5S/c1-11(12-4-5-13-15(7-12)29-10-28-13)21-17(26)9-30-19-23-22-18(14-3-2-6-27-14)24(19)8-16(20)25/h2-7,11H,8-10H2,1H3,(H2,20,25)(H,21,26). The molecule has 3 N–H and O–H groups in total. The number of hydrogen-bond acceptors (Lipinski definition) is 8. The van der Waals surface area contributed by atoms with Gasteiger partial charge in [0.1, 0.15) is 6.54 Å². The number of rotatable bonds is 8. The van der Waals surface area contributed by atoms with Gasteiger partial charge in [-0.3, -0.25) is 14.2 Å². The minimum atomic E-state index is -0.551. The van der Waals surface area contributed by atoms with E-state index in [0.717, 1.165) is 17.3 Å². The molecule has 156 valence electrons. The molecule has 0 fully saturated rings. The average Bonchev–Trinajstić information content (AvgIpc) is 3.46. The van der Waals surface area contributed by atoms with Gasteiger partial charge in [0.2, 0.25) is 24.4 Å². The van der Waals surface area contributed by atoms with E-state index >= 15 is 0 Å². The highest BCUT2D eigenvalue weighted by molar-refractivity contribution is 7.99. The highest BCUT2D eigenvalue weighted by Gasteiger charge is 2.20. The SMILES string of the molecule is CC(NC(=O)CSc1nnc(-c2ccco2)n1CC(N)=O)c1ccc2c(c1)OCO2. The zero-order valence-electron chi connectivity index (χ0n) is 16.0. The van der Waals surface area contributed by atoms with E-state index in [-0.39, 0.29) is 31.0 Å². The molecule has 11 heteroatoms. The summed E-state index contributed by atoms with van der Waals surface area (Å²) in [7, 11) is 0. The van der Waals surface area contributed by atoms with Crippen LogP contribution in [0.1, 0.15) is 18.5 Å². The smallest absolute Gasteiger partial charge is 0.237 e. The van der Waals surface area contributed by atoms with E-state index in [9.17, 15) is 9.59 Å². The summed E-state index contributed by atoms with van der Waals surface area (Å²) in [6.45, 7) is 1.95.